The van der Waals surface area contributed by atoms with Gasteiger partial charge in [0.25, 0.3) is 5.91 Å². The van der Waals surface area contributed by atoms with Crippen molar-refractivity contribution in [2.75, 3.05) is 0 Å². The van der Waals surface area contributed by atoms with Gasteiger partial charge < -0.3 is 5.32 Å². The summed E-state index contributed by atoms with van der Waals surface area (Å²) < 4.78 is 1.67. The Balaban J connectivity index is 2.02. The van der Waals surface area contributed by atoms with Crippen molar-refractivity contribution >= 4 is 53.7 Å². The molecule has 0 aliphatic carbocycles. The van der Waals surface area contributed by atoms with Gasteiger partial charge in [0.2, 0.25) is 0 Å². The number of carbonyl (C=O) groups excluding carboxylic acids is 1. The van der Waals surface area contributed by atoms with Crippen LogP contribution in [0.1, 0.15) is 21.5 Å². The van der Waals surface area contributed by atoms with Crippen molar-refractivity contribution < 1.29 is 4.79 Å². The predicted octanol–water partition coefficient (Wildman–Crippen LogP) is 5.04. The molecule has 0 radical (unpaired) electrons. The highest BCUT2D eigenvalue weighted by Crippen LogP contribution is 2.21. The largest absolute Gasteiger partial charge is 0.348 e. The maximum absolute atomic E-state index is 12.1. The van der Waals surface area contributed by atoms with Gasteiger partial charge in [-0.1, -0.05) is 56.1 Å². The zero-order chi connectivity index (χ0) is 14.5. The Morgan fingerprint density at radius 3 is 2.30 bits per heavy atom. The molecule has 0 aromatic heterocycles. The fraction of sp³-hybridized carbons (Fsp3) is 0.133. The number of carbonyl (C=O) groups is 1. The molecular formula is C15H12Br3NO. The molecular weight excluding hydrogens is 450 g/mol. The summed E-state index contributed by atoms with van der Waals surface area (Å²) in [4.78, 5) is 12.1. The molecule has 2 aromatic rings. The first kappa shape index (κ1) is 15.7. The van der Waals surface area contributed by atoms with Crippen molar-refractivity contribution in [2.24, 2.45) is 0 Å². The molecule has 0 saturated carbocycles. The average Bonchev–Trinajstić information content (AvgIpc) is 2.47. The van der Waals surface area contributed by atoms with E-state index in [-0.39, 0.29) is 5.91 Å². The maximum atomic E-state index is 12.1. The first-order valence-corrected chi connectivity index (χ1v) is 8.68. The van der Waals surface area contributed by atoms with Gasteiger partial charge >= 0.3 is 0 Å². The van der Waals surface area contributed by atoms with Crippen LogP contribution in [-0.2, 0) is 11.9 Å². The molecule has 0 fully saturated rings. The van der Waals surface area contributed by atoms with Crippen molar-refractivity contribution in [3.63, 3.8) is 0 Å². The average molecular weight is 462 g/mol. The van der Waals surface area contributed by atoms with Crippen LogP contribution in [0.15, 0.2) is 51.4 Å². The molecule has 0 aliphatic heterocycles. The summed E-state index contributed by atoms with van der Waals surface area (Å²) in [7, 11) is 0. The summed E-state index contributed by atoms with van der Waals surface area (Å²) in [6.07, 6.45) is 0. The zero-order valence-corrected chi connectivity index (χ0v) is 15.3. The molecule has 20 heavy (non-hydrogen) atoms. The Labute approximate surface area is 143 Å². The first-order chi connectivity index (χ1) is 9.60. The van der Waals surface area contributed by atoms with Gasteiger partial charge in [0.15, 0.2) is 0 Å². The zero-order valence-electron chi connectivity index (χ0n) is 10.5. The Morgan fingerprint density at radius 2 is 1.65 bits per heavy atom. The molecule has 1 amide bonds. The third kappa shape index (κ3) is 4.17. The molecule has 0 unspecified atom stereocenters. The first-order valence-electron chi connectivity index (χ1n) is 5.97. The number of rotatable bonds is 4. The predicted molar refractivity (Wildman–Crippen MR) is 92.1 cm³/mol. The molecule has 0 spiro atoms. The van der Waals surface area contributed by atoms with E-state index < -0.39 is 0 Å². The Kier molecular flexibility index (Phi) is 5.81. The second kappa shape index (κ2) is 7.38. The highest BCUT2D eigenvalue weighted by Gasteiger charge is 2.10. The topological polar surface area (TPSA) is 29.1 Å². The van der Waals surface area contributed by atoms with E-state index in [9.17, 15) is 4.79 Å². The third-order valence-electron chi connectivity index (χ3n) is 2.80. The Hall–Kier alpha value is -0.650. The minimum absolute atomic E-state index is 0.0947. The number of nitrogens with one attached hydrogen (secondary N) is 1. The summed E-state index contributed by atoms with van der Waals surface area (Å²) in [5, 5.41) is 3.76. The molecule has 2 rings (SSSR count). The maximum Gasteiger partial charge on any atom is 0.252 e. The number of halogens is 3. The standard InChI is InChI=1S/C15H12Br3NO/c16-8-10-1-3-11(4-2-10)9-19-15(20)13-7-12(17)5-6-14(13)18/h1-7H,8-9H2,(H,19,20). The van der Waals surface area contributed by atoms with E-state index in [4.69, 9.17) is 0 Å². The molecule has 2 aromatic carbocycles. The van der Waals surface area contributed by atoms with Crippen LogP contribution in [0.2, 0.25) is 0 Å². The monoisotopic (exact) mass is 459 g/mol. The Bertz CT molecular complexity index is 611. The molecule has 0 atom stereocenters. The van der Waals surface area contributed by atoms with Crippen molar-refractivity contribution in [2.45, 2.75) is 11.9 Å². The number of amides is 1. The highest BCUT2D eigenvalue weighted by atomic mass is 79.9. The van der Waals surface area contributed by atoms with Gasteiger partial charge in [-0.2, -0.15) is 0 Å². The normalized spacial score (nSPS) is 10.3. The van der Waals surface area contributed by atoms with Crippen molar-refractivity contribution in [3.8, 4) is 0 Å². The lowest BCUT2D eigenvalue weighted by atomic mass is 10.1. The van der Waals surface area contributed by atoms with E-state index in [0.717, 1.165) is 19.8 Å². The van der Waals surface area contributed by atoms with Crippen LogP contribution in [0.25, 0.3) is 0 Å². The fourth-order valence-electron chi connectivity index (χ4n) is 1.70. The summed E-state index contributed by atoms with van der Waals surface area (Å²) in [6.45, 7) is 0.514. The summed E-state index contributed by atoms with van der Waals surface area (Å²) in [5.41, 5.74) is 2.92. The van der Waals surface area contributed by atoms with Gasteiger partial charge in [-0.25, -0.2) is 0 Å². The van der Waals surface area contributed by atoms with Crippen LogP contribution in [0.3, 0.4) is 0 Å². The van der Waals surface area contributed by atoms with E-state index in [2.05, 4.69) is 53.1 Å². The third-order valence-corrected chi connectivity index (χ3v) is 4.64. The number of alkyl halides is 1. The van der Waals surface area contributed by atoms with E-state index in [1.54, 1.807) is 6.07 Å². The lowest BCUT2D eigenvalue weighted by Crippen LogP contribution is -2.23. The summed E-state index contributed by atoms with van der Waals surface area (Å²) in [6, 6.07) is 13.7. The van der Waals surface area contributed by atoms with E-state index in [0.29, 0.717) is 12.1 Å². The quantitative estimate of drug-likeness (QED) is 0.635. The smallest absolute Gasteiger partial charge is 0.252 e. The highest BCUT2D eigenvalue weighted by molar-refractivity contribution is 9.11. The molecule has 2 nitrogen and oxygen atoms in total. The minimum Gasteiger partial charge on any atom is -0.348 e. The van der Waals surface area contributed by atoms with Crippen LogP contribution in [0.4, 0.5) is 0 Å². The Morgan fingerprint density at radius 1 is 1.00 bits per heavy atom. The van der Waals surface area contributed by atoms with Crippen LogP contribution >= 0.6 is 47.8 Å². The number of benzene rings is 2. The van der Waals surface area contributed by atoms with E-state index in [1.807, 2.05) is 36.4 Å². The lowest BCUT2D eigenvalue weighted by molar-refractivity contribution is 0.0950. The van der Waals surface area contributed by atoms with Crippen molar-refractivity contribution in [1.82, 2.24) is 5.32 Å². The molecule has 0 saturated heterocycles. The van der Waals surface area contributed by atoms with Gasteiger partial charge in [-0.15, -0.1) is 0 Å². The van der Waals surface area contributed by atoms with Gasteiger partial charge in [0.1, 0.15) is 0 Å². The molecule has 0 heterocycles. The number of hydrogen-bond donors (Lipinski definition) is 1. The summed E-state index contributed by atoms with van der Waals surface area (Å²) >= 11 is 10.2. The van der Waals surface area contributed by atoms with Gasteiger partial charge in [0.05, 0.1) is 5.56 Å². The second-order valence-corrected chi connectivity index (χ2v) is 6.59. The molecule has 104 valence electrons. The van der Waals surface area contributed by atoms with Crippen LogP contribution in [0, 0.1) is 0 Å². The van der Waals surface area contributed by atoms with Crippen LogP contribution in [0.5, 0.6) is 0 Å². The molecule has 0 aliphatic rings. The van der Waals surface area contributed by atoms with E-state index in [1.165, 1.54) is 5.56 Å². The number of hydrogen-bond acceptors (Lipinski definition) is 1. The molecule has 5 heteroatoms. The van der Waals surface area contributed by atoms with Gasteiger partial charge in [-0.05, 0) is 45.3 Å². The molecule has 0 bridgehead atoms. The van der Waals surface area contributed by atoms with Gasteiger partial charge in [-0.3, -0.25) is 4.79 Å². The summed E-state index contributed by atoms with van der Waals surface area (Å²) in [5.74, 6) is -0.0947. The fourth-order valence-corrected chi connectivity index (χ4v) is 2.86. The SMILES string of the molecule is O=C(NCc1ccc(CBr)cc1)c1cc(Br)ccc1Br. The van der Waals surface area contributed by atoms with E-state index >= 15 is 0 Å². The second-order valence-electron chi connectivity index (χ2n) is 4.26. The minimum atomic E-state index is -0.0947. The lowest BCUT2D eigenvalue weighted by Gasteiger charge is -2.08. The van der Waals surface area contributed by atoms with Crippen molar-refractivity contribution in [3.05, 3.63) is 68.1 Å². The van der Waals surface area contributed by atoms with Gasteiger partial charge in [0, 0.05) is 20.8 Å². The van der Waals surface area contributed by atoms with Crippen molar-refractivity contribution in [1.29, 1.82) is 0 Å². The van der Waals surface area contributed by atoms with Crippen LogP contribution in [-0.4, -0.2) is 5.91 Å². The molecule has 1 N–H and O–H groups in total. The van der Waals surface area contributed by atoms with Crippen LogP contribution < -0.4 is 5.32 Å².